The van der Waals surface area contributed by atoms with Gasteiger partial charge in [-0.05, 0) is 22.3 Å². The maximum absolute atomic E-state index is 12.5. The lowest BCUT2D eigenvalue weighted by atomic mass is 9.98. The quantitative estimate of drug-likeness (QED) is 0.166. The smallest absolute Gasteiger partial charge is 0.409 e. The maximum Gasteiger partial charge on any atom is 0.409 e. The second kappa shape index (κ2) is 15.3. The number of nitrogens with zero attached hydrogens (tertiary/aromatic N) is 1. The van der Waals surface area contributed by atoms with E-state index in [2.05, 4.69) is 46.9 Å². The molecule has 0 heterocycles. The number of ether oxygens (including phenoxy) is 5. The second-order valence-corrected chi connectivity index (χ2v) is 8.94. The number of hydrogen-bond acceptors (Lipinski definition) is 6. The predicted octanol–water partition coefficient (Wildman–Crippen LogP) is 4.37. The Labute approximate surface area is 215 Å². The van der Waals surface area contributed by atoms with Crippen molar-refractivity contribution in [3.8, 4) is 11.1 Å². The minimum Gasteiger partial charge on any atom is -0.448 e. The average Bonchev–Trinajstić information content (AvgIpc) is 3.19. The highest BCUT2D eigenvalue weighted by Gasteiger charge is 2.29. The molecular formula is C26H34INO6. The number of rotatable bonds is 16. The molecule has 3 rings (SSSR count). The number of likely N-dealkylation sites (N-methyl/N-ethyl adjacent to an activating group) is 1. The molecule has 1 aliphatic rings. The third-order valence-corrected chi connectivity index (χ3v) is 6.00. The molecule has 1 amide bonds. The van der Waals surface area contributed by atoms with Crippen molar-refractivity contribution in [3.05, 3.63) is 59.7 Å². The van der Waals surface area contributed by atoms with Crippen molar-refractivity contribution in [2.45, 2.75) is 5.92 Å². The summed E-state index contributed by atoms with van der Waals surface area (Å²) in [4.78, 5) is 14.0. The lowest BCUT2D eigenvalue weighted by Gasteiger charge is -2.19. The van der Waals surface area contributed by atoms with Crippen LogP contribution in [0.15, 0.2) is 48.5 Å². The molecule has 0 spiro atoms. The SMILES string of the molecule is CN(CCOCCOCCOCCOCCI)C(=O)OCC1c2ccccc2-c2ccccc21. The number of alkyl halides is 1. The van der Waals surface area contributed by atoms with Crippen molar-refractivity contribution < 1.29 is 28.5 Å². The third kappa shape index (κ3) is 8.20. The highest BCUT2D eigenvalue weighted by atomic mass is 127. The van der Waals surface area contributed by atoms with Crippen LogP contribution in [0, 0.1) is 0 Å². The Morgan fingerprint density at radius 3 is 1.76 bits per heavy atom. The Bertz CT molecular complexity index is 834. The van der Waals surface area contributed by atoms with Gasteiger partial charge >= 0.3 is 6.09 Å². The molecule has 0 unspecified atom stereocenters. The van der Waals surface area contributed by atoms with Gasteiger partial charge in [-0.1, -0.05) is 71.1 Å². The van der Waals surface area contributed by atoms with E-state index in [1.807, 2.05) is 24.3 Å². The number of carbonyl (C=O) groups is 1. The molecule has 0 saturated carbocycles. The largest absolute Gasteiger partial charge is 0.448 e. The Hall–Kier alpha value is -1.72. The summed E-state index contributed by atoms with van der Waals surface area (Å²) in [5.41, 5.74) is 4.85. The fraction of sp³-hybridized carbons (Fsp3) is 0.500. The van der Waals surface area contributed by atoms with E-state index in [0.717, 1.165) is 11.0 Å². The zero-order chi connectivity index (χ0) is 24.0. The predicted molar refractivity (Wildman–Crippen MR) is 140 cm³/mol. The van der Waals surface area contributed by atoms with E-state index in [-0.39, 0.29) is 12.0 Å². The van der Waals surface area contributed by atoms with Gasteiger partial charge in [-0.3, -0.25) is 0 Å². The molecule has 0 atom stereocenters. The number of hydrogen-bond donors (Lipinski definition) is 0. The Morgan fingerprint density at radius 2 is 1.24 bits per heavy atom. The highest BCUT2D eigenvalue weighted by Crippen LogP contribution is 2.44. The third-order valence-electron chi connectivity index (χ3n) is 5.56. The minimum atomic E-state index is -0.346. The van der Waals surface area contributed by atoms with Crippen molar-refractivity contribution in [2.75, 3.05) is 77.5 Å². The van der Waals surface area contributed by atoms with E-state index in [0.29, 0.717) is 59.4 Å². The lowest BCUT2D eigenvalue weighted by Crippen LogP contribution is -2.32. The molecule has 2 aromatic carbocycles. The van der Waals surface area contributed by atoms with Gasteiger partial charge in [0, 0.05) is 23.9 Å². The Morgan fingerprint density at radius 1 is 0.765 bits per heavy atom. The number of amides is 1. The molecule has 0 saturated heterocycles. The molecule has 2 aromatic rings. The average molecular weight is 583 g/mol. The molecule has 7 nitrogen and oxygen atoms in total. The number of fused-ring (bicyclic) bond motifs is 3. The first kappa shape index (κ1) is 26.9. The van der Waals surface area contributed by atoms with Crippen molar-refractivity contribution in [1.29, 1.82) is 0 Å². The van der Waals surface area contributed by atoms with Gasteiger partial charge in [0.15, 0.2) is 0 Å². The highest BCUT2D eigenvalue weighted by molar-refractivity contribution is 14.1. The summed E-state index contributed by atoms with van der Waals surface area (Å²) in [5.74, 6) is 0.0608. The van der Waals surface area contributed by atoms with E-state index in [1.54, 1.807) is 11.9 Å². The zero-order valence-electron chi connectivity index (χ0n) is 19.7. The first-order valence-electron chi connectivity index (χ1n) is 11.7. The van der Waals surface area contributed by atoms with Crippen LogP contribution in [0.1, 0.15) is 17.0 Å². The molecular weight excluding hydrogens is 549 g/mol. The molecule has 0 N–H and O–H groups in total. The molecule has 186 valence electrons. The Balaban J connectivity index is 1.25. The van der Waals surface area contributed by atoms with Crippen LogP contribution < -0.4 is 0 Å². The lowest BCUT2D eigenvalue weighted by molar-refractivity contribution is -0.00188. The number of carbonyl (C=O) groups excluding carboxylic acids is 1. The van der Waals surface area contributed by atoms with E-state index in [9.17, 15) is 4.79 Å². The summed E-state index contributed by atoms with van der Waals surface area (Å²) >= 11 is 2.27. The van der Waals surface area contributed by atoms with Crippen LogP contribution in [0.3, 0.4) is 0 Å². The van der Waals surface area contributed by atoms with E-state index in [1.165, 1.54) is 22.3 Å². The van der Waals surface area contributed by atoms with Gasteiger partial charge in [0.2, 0.25) is 0 Å². The molecule has 0 bridgehead atoms. The summed E-state index contributed by atoms with van der Waals surface area (Å²) in [6.07, 6.45) is -0.346. The molecule has 34 heavy (non-hydrogen) atoms. The van der Waals surface area contributed by atoms with E-state index < -0.39 is 0 Å². The molecule has 1 aliphatic carbocycles. The van der Waals surface area contributed by atoms with Gasteiger partial charge in [0.1, 0.15) is 6.61 Å². The van der Waals surface area contributed by atoms with Gasteiger partial charge in [-0.15, -0.1) is 0 Å². The second-order valence-electron chi connectivity index (χ2n) is 7.86. The Kier molecular flexibility index (Phi) is 12.1. The van der Waals surface area contributed by atoms with Gasteiger partial charge in [0.05, 0.1) is 52.9 Å². The topological polar surface area (TPSA) is 66.5 Å². The van der Waals surface area contributed by atoms with Crippen LogP contribution in [0.4, 0.5) is 4.79 Å². The monoisotopic (exact) mass is 583 g/mol. The minimum absolute atomic E-state index is 0.0608. The van der Waals surface area contributed by atoms with Crippen LogP contribution >= 0.6 is 22.6 Å². The van der Waals surface area contributed by atoms with Crippen LogP contribution in [0.2, 0.25) is 0 Å². The van der Waals surface area contributed by atoms with Gasteiger partial charge < -0.3 is 28.6 Å². The summed E-state index contributed by atoms with van der Waals surface area (Å²) < 4.78 is 28.4. The van der Waals surface area contributed by atoms with Crippen LogP contribution in [0.25, 0.3) is 11.1 Å². The summed E-state index contributed by atoms with van der Waals surface area (Å²) in [7, 11) is 1.72. The van der Waals surface area contributed by atoms with Crippen molar-refractivity contribution >= 4 is 28.7 Å². The van der Waals surface area contributed by atoms with E-state index >= 15 is 0 Å². The van der Waals surface area contributed by atoms with Crippen molar-refractivity contribution in [2.24, 2.45) is 0 Å². The van der Waals surface area contributed by atoms with Gasteiger partial charge in [-0.2, -0.15) is 0 Å². The summed E-state index contributed by atoms with van der Waals surface area (Å²) in [5, 5.41) is 0. The molecule has 8 heteroatoms. The van der Waals surface area contributed by atoms with Gasteiger partial charge in [0.25, 0.3) is 0 Å². The molecule has 0 fully saturated rings. The number of halogens is 1. The fourth-order valence-corrected chi connectivity index (χ4v) is 4.12. The van der Waals surface area contributed by atoms with Gasteiger partial charge in [-0.25, -0.2) is 4.79 Å². The molecule has 0 aromatic heterocycles. The summed E-state index contributed by atoms with van der Waals surface area (Å²) in [6.45, 7) is 5.17. The van der Waals surface area contributed by atoms with Crippen LogP contribution in [-0.4, -0.2) is 88.5 Å². The molecule has 0 aliphatic heterocycles. The standard InChI is InChI=1S/C26H34INO6/c1-28(11-13-31-15-17-33-19-18-32-16-14-30-12-10-27)26(29)34-20-25-23-8-4-2-6-21(23)22-7-3-5-9-24(22)25/h2-9,25H,10-20H2,1H3. The van der Waals surface area contributed by atoms with Crippen molar-refractivity contribution in [3.63, 3.8) is 0 Å². The number of benzene rings is 2. The zero-order valence-corrected chi connectivity index (χ0v) is 21.9. The maximum atomic E-state index is 12.5. The van der Waals surface area contributed by atoms with Crippen LogP contribution in [-0.2, 0) is 23.7 Å². The first-order chi connectivity index (χ1) is 16.7. The van der Waals surface area contributed by atoms with Crippen LogP contribution in [0.5, 0.6) is 0 Å². The van der Waals surface area contributed by atoms with E-state index in [4.69, 9.17) is 23.7 Å². The molecule has 0 radical (unpaired) electrons. The normalized spacial score (nSPS) is 12.4. The summed E-state index contributed by atoms with van der Waals surface area (Å²) in [6, 6.07) is 16.6. The fourth-order valence-electron chi connectivity index (χ4n) is 3.81. The van der Waals surface area contributed by atoms with Crippen molar-refractivity contribution in [1.82, 2.24) is 4.90 Å². The first-order valence-corrected chi connectivity index (χ1v) is 13.2.